The Balaban J connectivity index is 1.74. The van der Waals surface area contributed by atoms with Crippen LogP contribution in [0.15, 0.2) is 5.38 Å². The summed E-state index contributed by atoms with van der Waals surface area (Å²) in [6, 6.07) is -0.224. The monoisotopic (exact) mass is 299 g/mol. The highest BCUT2D eigenvalue weighted by atomic mass is 32.1. The number of rotatable bonds is 5. The molecule has 0 bridgehead atoms. The highest BCUT2D eigenvalue weighted by Crippen LogP contribution is 2.27. The highest BCUT2D eigenvalue weighted by molar-refractivity contribution is 7.09. The maximum atomic E-state index is 11.8. The van der Waals surface area contributed by atoms with E-state index in [9.17, 15) is 14.7 Å². The fraction of sp³-hybridized carbons (Fsp3) is 0.583. The highest BCUT2D eigenvalue weighted by Gasteiger charge is 2.29. The third-order valence-corrected chi connectivity index (χ3v) is 4.10. The minimum atomic E-state index is -1.07. The standard InChI is InChI=1S/C12H17N3O4S/c1-15(5-7-2-8(16)3-7)12(19)13-4-10-14-9(6-20-10)11(17)18/h6-8,16H,2-5H2,1H3,(H,13,19)(H,17,18). The van der Waals surface area contributed by atoms with Crippen LogP contribution in [0.2, 0.25) is 0 Å². The van der Waals surface area contributed by atoms with Crippen LogP contribution in [0.1, 0.15) is 28.3 Å². The summed E-state index contributed by atoms with van der Waals surface area (Å²) in [5.41, 5.74) is -0.00365. The topological polar surface area (TPSA) is 103 Å². The molecule has 2 rings (SSSR count). The van der Waals surface area contributed by atoms with Crippen molar-refractivity contribution in [3.8, 4) is 0 Å². The second-order valence-corrected chi connectivity index (χ2v) is 5.90. The Bertz CT molecular complexity index is 499. The number of thiazole rings is 1. The van der Waals surface area contributed by atoms with Gasteiger partial charge in [-0.05, 0) is 18.8 Å². The Morgan fingerprint density at radius 2 is 2.25 bits per heavy atom. The molecule has 110 valence electrons. The zero-order chi connectivity index (χ0) is 14.7. The first-order valence-corrected chi connectivity index (χ1v) is 7.18. The SMILES string of the molecule is CN(CC1CC(O)C1)C(=O)NCc1nc(C(=O)O)cs1. The van der Waals surface area contributed by atoms with Gasteiger partial charge in [0.1, 0.15) is 5.01 Å². The van der Waals surface area contributed by atoms with Crippen molar-refractivity contribution >= 4 is 23.3 Å². The lowest BCUT2D eigenvalue weighted by Gasteiger charge is -2.34. The van der Waals surface area contributed by atoms with Crippen molar-refractivity contribution in [2.75, 3.05) is 13.6 Å². The number of aromatic carboxylic acids is 1. The van der Waals surface area contributed by atoms with Crippen LogP contribution < -0.4 is 5.32 Å². The molecule has 20 heavy (non-hydrogen) atoms. The molecule has 1 aromatic rings. The average molecular weight is 299 g/mol. The normalized spacial score (nSPS) is 21.1. The first kappa shape index (κ1) is 14.7. The Kier molecular flexibility index (Phi) is 4.56. The molecule has 1 aromatic heterocycles. The molecule has 1 saturated carbocycles. The Morgan fingerprint density at radius 1 is 1.55 bits per heavy atom. The summed E-state index contributed by atoms with van der Waals surface area (Å²) in [5.74, 6) is -0.710. The number of carboxylic acid groups (broad SMARTS) is 1. The lowest BCUT2D eigenvalue weighted by molar-refractivity contribution is 0.0325. The van der Waals surface area contributed by atoms with Crippen molar-refractivity contribution in [2.45, 2.75) is 25.5 Å². The van der Waals surface area contributed by atoms with Gasteiger partial charge in [-0.2, -0.15) is 0 Å². The third kappa shape index (κ3) is 3.67. The summed E-state index contributed by atoms with van der Waals surface area (Å²) >= 11 is 1.20. The quantitative estimate of drug-likeness (QED) is 0.744. The fourth-order valence-electron chi connectivity index (χ4n) is 2.10. The molecule has 2 amide bonds. The van der Waals surface area contributed by atoms with Crippen molar-refractivity contribution in [3.63, 3.8) is 0 Å². The number of carboxylic acids is 1. The molecule has 0 radical (unpaired) electrons. The van der Waals surface area contributed by atoms with Gasteiger partial charge in [-0.15, -0.1) is 11.3 Å². The predicted octanol–water partition coefficient (Wildman–Crippen LogP) is 0.754. The average Bonchev–Trinajstić information content (AvgIpc) is 2.82. The summed E-state index contributed by atoms with van der Waals surface area (Å²) < 4.78 is 0. The molecule has 8 heteroatoms. The number of carbonyl (C=O) groups is 2. The van der Waals surface area contributed by atoms with Gasteiger partial charge in [0, 0.05) is 19.0 Å². The van der Waals surface area contributed by atoms with Crippen molar-refractivity contribution in [1.82, 2.24) is 15.2 Å². The van der Waals surface area contributed by atoms with Crippen LogP contribution in [-0.4, -0.2) is 51.8 Å². The number of aliphatic hydroxyl groups excluding tert-OH is 1. The van der Waals surface area contributed by atoms with Gasteiger partial charge in [0.15, 0.2) is 5.69 Å². The van der Waals surface area contributed by atoms with Gasteiger partial charge in [-0.3, -0.25) is 0 Å². The number of aliphatic hydroxyl groups is 1. The number of aromatic nitrogens is 1. The number of nitrogens with one attached hydrogen (secondary N) is 1. The second-order valence-electron chi connectivity index (χ2n) is 4.96. The van der Waals surface area contributed by atoms with Gasteiger partial charge in [-0.25, -0.2) is 14.6 Å². The maximum Gasteiger partial charge on any atom is 0.355 e. The number of hydrogen-bond donors (Lipinski definition) is 3. The van der Waals surface area contributed by atoms with Gasteiger partial charge >= 0.3 is 12.0 Å². The lowest BCUT2D eigenvalue weighted by atomic mass is 9.82. The first-order chi connectivity index (χ1) is 9.45. The van der Waals surface area contributed by atoms with E-state index >= 15 is 0 Å². The molecule has 1 fully saturated rings. The molecule has 3 N–H and O–H groups in total. The molecule has 1 aliphatic carbocycles. The molecular weight excluding hydrogens is 282 g/mol. The van der Waals surface area contributed by atoms with E-state index in [1.807, 2.05) is 0 Å². The largest absolute Gasteiger partial charge is 0.476 e. The minimum Gasteiger partial charge on any atom is -0.476 e. The van der Waals surface area contributed by atoms with Crippen LogP contribution in [0, 0.1) is 5.92 Å². The van der Waals surface area contributed by atoms with Gasteiger partial charge < -0.3 is 20.4 Å². The van der Waals surface area contributed by atoms with Gasteiger partial charge in [0.05, 0.1) is 12.6 Å². The van der Waals surface area contributed by atoms with Crippen molar-refractivity contribution < 1.29 is 19.8 Å². The molecule has 0 spiro atoms. The van der Waals surface area contributed by atoms with Gasteiger partial charge in [0.2, 0.25) is 0 Å². The summed E-state index contributed by atoms with van der Waals surface area (Å²) in [6.07, 6.45) is 1.26. The van der Waals surface area contributed by atoms with E-state index in [4.69, 9.17) is 5.11 Å². The predicted molar refractivity (Wildman–Crippen MR) is 72.7 cm³/mol. The third-order valence-electron chi connectivity index (χ3n) is 3.25. The number of hydrogen-bond acceptors (Lipinski definition) is 5. The molecule has 1 aliphatic rings. The summed E-state index contributed by atoms with van der Waals surface area (Å²) in [6.45, 7) is 0.829. The minimum absolute atomic E-state index is 0.00365. The van der Waals surface area contributed by atoms with Crippen LogP contribution in [-0.2, 0) is 6.54 Å². The molecule has 0 atom stereocenters. The summed E-state index contributed by atoms with van der Waals surface area (Å²) in [4.78, 5) is 28.0. The molecular formula is C12H17N3O4S. The summed E-state index contributed by atoms with van der Waals surface area (Å²) in [7, 11) is 1.70. The van der Waals surface area contributed by atoms with Crippen LogP contribution in [0.3, 0.4) is 0 Å². The van der Waals surface area contributed by atoms with E-state index in [-0.39, 0.29) is 24.4 Å². The van der Waals surface area contributed by atoms with Gasteiger partial charge in [0.25, 0.3) is 0 Å². The lowest BCUT2D eigenvalue weighted by Crippen LogP contribution is -2.43. The van der Waals surface area contributed by atoms with E-state index in [2.05, 4.69) is 10.3 Å². The van der Waals surface area contributed by atoms with E-state index in [0.717, 1.165) is 12.8 Å². The van der Waals surface area contributed by atoms with Gasteiger partial charge in [-0.1, -0.05) is 0 Å². The van der Waals surface area contributed by atoms with Crippen molar-refractivity contribution in [3.05, 3.63) is 16.1 Å². The van der Waals surface area contributed by atoms with Crippen LogP contribution >= 0.6 is 11.3 Å². The Morgan fingerprint density at radius 3 is 2.80 bits per heavy atom. The number of amides is 2. The molecule has 1 heterocycles. The molecule has 0 aliphatic heterocycles. The zero-order valence-electron chi connectivity index (χ0n) is 11.1. The van der Waals surface area contributed by atoms with E-state index in [0.29, 0.717) is 17.5 Å². The summed E-state index contributed by atoms with van der Waals surface area (Å²) in [5, 5.41) is 22.6. The van der Waals surface area contributed by atoms with Crippen molar-refractivity contribution in [1.29, 1.82) is 0 Å². The van der Waals surface area contributed by atoms with E-state index in [1.165, 1.54) is 16.7 Å². The van der Waals surface area contributed by atoms with Crippen molar-refractivity contribution in [2.24, 2.45) is 5.92 Å². The number of urea groups is 1. The zero-order valence-corrected chi connectivity index (χ0v) is 11.9. The van der Waals surface area contributed by atoms with E-state index < -0.39 is 5.97 Å². The Hall–Kier alpha value is -1.67. The van der Waals surface area contributed by atoms with E-state index in [1.54, 1.807) is 11.9 Å². The number of carbonyl (C=O) groups excluding carboxylic acids is 1. The smallest absolute Gasteiger partial charge is 0.355 e. The maximum absolute atomic E-state index is 11.8. The molecule has 0 aromatic carbocycles. The number of nitrogens with zero attached hydrogens (tertiary/aromatic N) is 2. The molecule has 0 unspecified atom stereocenters. The van der Waals surface area contributed by atoms with Crippen LogP contribution in [0.25, 0.3) is 0 Å². The Labute approximate surface area is 120 Å². The van der Waals surface area contributed by atoms with Crippen LogP contribution in [0.5, 0.6) is 0 Å². The molecule has 7 nitrogen and oxygen atoms in total. The second kappa shape index (κ2) is 6.19. The fourth-order valence-corrected chi connectivity index (χ4v) is 2.80. The first-order valence-electron chi connectivity index (χ1n) is 6.30. The molecule has 0 saturated heterocycles. The van der Waals surface area contributed by atoms with Crippen LogP contribution in [0.4, 0.5) is 4.79 Å².